The third-order valence-electron chi connectivity index (χ3n) is 3.46. The summed E-state index contributed by atoms with van der Waals surface area (Å²) in [6.07, 6.45) is -4.32. The second-order valence-electron chi connectivity index (χ2n) is 6.77. The molecule has 5 nitrogen and oxygen atoms in total. The molecule has 10 heteroatoms. The Balaban J connectivity index is 1.94. The molecule has 0 aliphatic carbocycles. The number of carbonyl (C=O) groups is 1. The van der Waals surface area contributed by atoms with E-state index < -0.39 is 12.7 Å². The van der Waals surface area contributed by atoms with Gasteiger partial charge in [-0.1, -0.05) is 53.4 Å². The zero-order valence-electron chi connectivity index (χ0n) is 15.2. The van der Waals surface area contributed by atoms with Crippen molar-refractivity contribution in [1.29, 1.82) is 0 Å². The van der Waals surface area contributed by atoms with Crippen molar-refractivity contribution >= 4 is 34.1 Å². The van der Waals surface area contributed by atoms with Crippen molar-refractivity contribution in [1.82, 2.24) is 15.1 Å². The first-order chi connectivity index (χ1) is 12.5. The molecule has 1 aromatic heterocycles. The van der Waals surface area contributed by atoms with Crippen LogP contribution >= 0.6 is 23.1 Å². The summed E-state index contributed by atoms with van der Waals surface area (Å²) in [6, 6.07) is 9.69. The maximum atomic E-state index is 12.7. The molecule has 0 bridgehead atoms. The van der Waals surface area contributed by atoms with Gasteiger partial charge in [0.05, 0.1) is 5.75 Å². The summed E-state index contributed by atoms with van der Waals surface area (Å²) in [5.74, 6) is 0.0641. The maximum Gasteiger partial charge on any atom is 0.405 e. The summed E-state index contributed by atoms with van der Waals surface area (Å²) in [6.45, 7) is 5.20. The summed E-state index contributed by atoms with van der Waals surface area (Å²) < 4.78 is 37.1. The molecule has 1 aromatic carbocycles. The summed E-state index contributed by atoms with van der Waals surface area (Å²) in [5, 5.41) is 9.76. The standard InChI is InChI=1S/C17H21F3N4OS2/c1-16(2,3)24(9-12-7-5-4-6-8-12)13(25)10-26-15-23-22-14(27-15)21-11-17(18,19)20/h4-8H,9-11H2,1-3H3,(H,21,22). The Labute approximate surface area is 164 Å². The molecule has 0 radical (unpaired) electrons. The number of alkyl halides is 3. The van der Waals surface area contributed by atoms with E-state index in [0.29, 0.717) is 10.9 Å². The molecule has 0 aliphatic heterocycles. The molecule has 1 N–H and O–H groups in total. The number of aromatic nitrogens is 2. The third kappa shape index (κ3) is 7.37. The van der Waals surface area contributed by atoms with Gasteiger partial charge in [0.15, 0.2) is 4.34 Å². The molecular weight excluding hydrogens is 397 g/mol. The van der Waals surface area contributed by atoms with Crippen LogP contribution in [0.1, 0.15) is 26.3 Å². The zero-order valence-corrected chi connectivity index (χ0v) is 16.8. The molecule has 148 valence electrons. The van der Waals surface area contributed by atoms with Crippen LogP contribution in [0.3, 0.4) is 0 Å². The summed E-state index contributed by atoms with van der Waals surface area (Å²) in [4.78, 5) is 14.5. The molecule has 0 fully saturated rings. The van der Waals surface area contributed by atoms with E-state index in [1.807, 2.05) is 51.1 Å². The van der Waals surface area contributed by atoms with Crippen LogP contribution in [0, 0.1) is 0 Å². The largest absolute Gasteiger partial charge is 0.405 e. The van der Waals surface area contributed by atoms with Gasteiger partial charge in [-0.15, -0.1) is 10.2 Å². The van der Waals surface area contributed by atoms with Gasteiger partial charge in [0.1, 0.15) is 6.54 Å². The van der Waals surface area contributed by atoms with Crippen molar-refractivity contribution in [3.63, 3.8) is 0 Å². The normalized spacial score (nSPS) is 12.1. The van der Waals surface area contributed by atoms with E-state index in [1.165, 1.54) is 11.8 Å². The van der Waals surface area contributed by atoms with Crippen LogP contribution in [0.15, 0.2) is 34.7 Å². The lowest BCUT2D eigenvalue weighted by Crippen LogP contribution is -2.45. The van der Waals surface area contributed by atoms with Crippen LogP contribution in [0.25, 0.3) is 0 Å². The van der Waals surface area contributed by atoms with Gasteiger partial charge >= 0.3 is 6.18 Å². The second kappa shape index (κ2) is 8.92. The first kappa shape index (κ1) is 21.5. The first-order valence-corrected chi connectivity index (χ1v) is 9.96. The molecule has 0 aliphatic rings. The Hall–Kier alpha value is -1.81. The van der Waals surface area contributed by atoms with Crippen molar-refractivity contribution in [2.24, 2.45) is 0 Å². The van der Waals surface area contributed by atoms with E-state index in [9.17, 15) is 18.0 Å². The fraction of sp³-hybridized carbons (Fsp3) is 0.471. The Morgan fingerprint density at radius 2 is 1.85 bits per heavy atom. The van der Waals surface area contributed by atoms with Gasteiger partial charge in [0.25, 0.3) is 0 Å². The fourth-order valence-corrected chi connectivity index (χ4v) is 3.81. The van der Waals surface area contributed by atoms with Gasteiger partial charge in [0, 0.05) is 12.1 Å². The molecule has 27 heavy (non-hydrogen) atoms. The van der Waals surface area contributed by atoms with Gasteiger partial charge in [-0.05, 0) is 26.3 Å². The number of nitrogens with one attached hydrogen (secondary N) is 1. The minimum Gasteiger partial charge on any atom is -0.351 e. The topological polar surface area (TPSA) is 58.1 Å². The van der Waals surface area contributed by atoms with E-state index in [-0.39, 0.29) is 22.3 Å². The van der Waals surface area contributed by atoms with Gasteiger partial charge < -0.3 is 10.2 Å². The quantitative estimate of drug-likeness (QED) is 0.674. The molecule has 1 amide bonds. The molecule has 2 aromatic rings. The number of anilines is 1. The SMILES string of the molecule is CC(C)(C)N(Cc1ccccc1)C(=O)CSc1nnc(NCC(F)(F)F)s1. The minimum atomic E-state index is -4.32. The number of carbonyl (C=O) groups excluding carboxylic acids is 1. The van der Waals surface area contributed by atoms with E-state index in [0.717, 1.165) is 16.9 Å². The molecule has 2 rings (SSSR count). The number of halogens is 3. The minimum absolute atomic E-state index is 0.0728. The Bertz CT molecular complexity index is 745. The number of thioether (sulfide) groups is 1. The number of nitrogens with zero attached hydrogens (tertiary/aromatic N) is 3. The fourth-order valence-electron chi connectivity index (χ4n) is 2.18. The van der Waals surface area contributed by atoms with Gasteiger partial charge in [-0.3, -0.25) is 4.79 Å². The van der Waals surface area contributed by atoms with Crippen molar-refractivity contribution in [2.75, 3.05) is 17.6 Å². The number of amides is 1. The molecule has 0 saturated carbocycles. The van der Waals surface area contributed by atoms with E-state index in [1.54, 1.807) is 4.90 Å². The number of hydrogen-bond donors (Lipinski definition) is 1. The molecule has 0 atom stereocenters. The lowest BCUT2D eigenvalue weighted by molar-refractivity contribution is -0.133. The summed E-state index contributed by atoms with van der Waals surface area (Å²) in [7, 11) is 0. The lowest BCUT2D eigenvalue weighted by atomic mass is 10.0. The van der Waals surface area contributed by atoms with Crippen LogP contribution in [0.2, 0.25) is 0 Å². The number of benzene rings is 1. The predicted octanol–water partition coefficient (Wildman–Crippen LogP) is 4.43. The van der Waals surface area contributed by atoms with Crippen LogP contribution in [-0.4, -0.2) is 45.0 Å². The highest BCUT2D eigenvalue weighted by atomic mass is 32.2. The van der Waals surface area contributed by atoms with Gasteiger partial charge in [-0.25, -0.2) is 0 Å². The third-order valence-corrected chi connectivity index (χ3v) is 5.46. The first-order valence-electron chi connectivity index (χ1n) is 8.16. The van der Waals surface area contributed by atoms with Crippen molar-refractivity contribution in [3.8, 4) is 0 Å². The highest BCUT2D eigenvalue weighted by Crippen LogP contribution is 2.28. The van der Waals surface area contributed by atoms with E-state index in [2.05, 4.69) is 15.5 Å². The predicted molar refractivity (Wildman–Crippen MR) is 102 cm³/mol. The summed E-state index contributed by atoms with van der Waals surface area (Å²) in [5.41, 5.74) is 0.661. The molecule has 0 spiro atoms. The Kier molecular flexibility index (Phi) is 7.10. The Morgan fingerprint density at radius 1 is 1.19 bits per heavy atom. The van der Waals surface area contributed by atoms with E-state index >= 15 is 0 Å². The van der Waals surface area contributed by atoms with Gasteiger partial charge in [0.2, 0.25) is 11.0 Å². The summed E-state index contributed by atoms with van der Waals surface area (Å²) >= 11 is 2.17. The van der Waals surface area contributed by atoms with Crippen LogP contribution in [-0.2, 0) is 11.3 Å². The smallest absolute Gasteiger partial charge is 0.351 e. The average Bonchev–Trinajstić information content (AvgIpc) is 3.03. The molecule has 1 heterocycles. The van der Waals surface area contributed by atoms with Crippen LogP contribution < -0.4 is 5.32 Å². The number of rotatable bonds is 7. The average molecular weight is 419 g/mol. The monoisotopic (exact) mass is 418 g/mol. The van der Waals surface area contributed by atoms with Gasteiger partial charge in [-0.2, -0.15) is 13.2 Å². The van der Waals surface area contributed by atoms with Crippen molar-refractivity contribution in [2.45, 2.75) is 43.4 Å². The number of hydrogen-bond acceptors (Lipinski definition) is 6. The van der Waals surface area contributed by atoms with Crippen LogP contribution in [0.5, 0.6) is 0 Å². The maximum absolute atomic E-state index is 12.7. The molecule has 0 unspecified atom stereocenters. The van der Waals surface area contributed by atoms with Crippen molar-refractivity contribution in [3.05, 3.63) is 35.9 Å². The highest BCUT2D eigenvalue weighted by molar-refractivity contribution is 8.01. The second-order valence-corrected chi connectivity index (χ2v) is 8.97. The molecule has 0 saturated heterocycles. The van der Waals surface area contributed by atoms with Crippen LogP contribution in [0.4, 0.5) is 18.3 Å². The zero-order chi connectivity index (χ0) is 20.1. The lowest BCUT2D eigenvalue weighted by Gasteiger charge is -2.36. The highest BCUT2D eigenvalue weighted by Gasteiger charge is 2.28. The molecular formula is C17H21F3N4OS2. The van der Waals surface area contributed by atoms with Crippen molar-refractivity contribution < 1.29 is 18.0 Å². The van der Waals surface area contributed by atoms with E-state index in [4.69, 9.17) is 0 Å². The Morgan fingerprint density at radius 3 is 2.44 bits per heavy atom.